The normalized spacial score (nSPS) is 36.1. The van der Waals surface area contributed by atoms with Crippen LogP contribution in [-0.4, -0.2) is 80.1 Å². The summed E-state index contributed by atoms with van der Waals surface area (Å²) in [5, 5.41) is 10.2. The SMILES string of the molecule is CC[C@H](C)[C@H](CO)N1C(=O)[C@@H]2[C@H]3C(=O)OCCCC/C=C\[C@H]3S[C@@]23C=CCN(C(C)(C)C)C(=O)C13. The monoisotopic (exact) mass is 504 g/mol. The fourth-order valence-corrected chi connectivity index (χ4v) is 8.12. The zero-order chi connectivity index (χ0) is 25.5. The fourth-order valence-electron chi connectivity index (χ4n) is 6.13. The molecule has 2 saturated heterocycles. The number of aliphatic hydroxyl groups is 1. The summed E-state index contributed by atoms with van der Waals surface area (Å²) in [6.45, 7) is 10.6. The topological polar surface area (TPSA) is 87.2 Å². The van der Waals surface area contributed by atoms with Gasteiger partial charge >= 0.3 is 5.97 Å². The maximum Gasteiger partial charge on any atom is 0.311 e. The maximum atomic E-state index is 14.3. The van der Waals surface area contributed by atoms with Crippen LogP contribution in [-0.2, 0) is 19.1 Å². The van der Waals surface area contributed by atoms with Gasteiger partial charge in [-0.3, -0.25) is 14.4 Å². The molecular weight excluding hydrogens is 464 g/mol. The Morgan fingerprint density at radius 1 is 1.20 bits per heavy atom. The lowest BCUT2D eigenvalue weighted by molar-refractivity contribution is -0.154. The number of hydrogen-bond donors (Lipinski definition) is 1. The molecule has 4 aliphatic heterocycles. The summed E-state index contributed by atoms with van der Waals surface area (Å²) in [5.41, 5.74) is -0.440. The number of thioether (sulfide) groups is 1. The Labute approximate surface area is 213 Å². The average Bonchev–Trinajstić information content (AvgIpc) is 3.18. The van der Waals surface area contributed by atoms with Crippen molar-refractivity contribution in [1.29, 1.82) is 0 Å². The van der Waals surface area contributed by atoms with E-state index in [1.807, 2.05) is 57.7 Å². The molecule has 2 fully saturated rings. The van der Waals surface area contributed by atoms with Gasteiger partial charge in [0.05, 0.1) is 35.8 Å². The molecule has 0 saturated carbocycles. The van der Waals surface area contributed by atoms with E-state index in [2.05, 4.69) is 6.08 Å². The Bertz CT molecular complexity index is 912. The summed E-state index contributed by atoms with van der Waals surface area (Å²) < 4.78 is 4.78. The van der Waals surface area contributed by atoms with Crippen molar-refractivity contribution in [3.05, 3.63) is 24.3 Å². The van der Waals surface area contributed by atoms with Crippen molar-refractivity contribution in [1.82, 2.24) is 9.80 Å². The summed E-state index contributed by atoms with van der Waals surface area (Å²) >= 11 is 1.56. The highest BCUT2D eigenvalue weighted by molar-refractivity contribution is 8.02. The Morgan fingerprint density at radius 3 is 2.60 bits per heavy atom. The van der Waals surface area contributed by atoms with E-state index in [-0.39, 0.29) is 35.6 Å². The first-order chi connectivity index (χ1) is 16.6. The highest BCUT2D eigenvalue weighted by Gasteiger charge is 2.72. The van der Waals surface area contributed by atoms with Gasteiger partial charge in [0.1, 0.15) is 6.04 Å². The molecule has 8 heteroatoms. The summed E-state index contributed by atoms with van der Waals surface area (Å²) in [6.07, 6.45) is 11.6. The third-order valence-corrected chi connectivity index (χ3v) is 9.94. The zero-order valence-electron chi connectivity index (χ0n) is 21.6. The molecule has 1 N–H and O–H groups in total. The number of ether oxygens (including phenoxy) is 1. The lowest BCUT2D eigenvalue weighted by Crippen LogP contribution is -2.60. The highest BCUT2D eigenvalue weighted by Crippen LogP contribution is 2.61. The first kappa shape index (κ1) is 26.3. The van der Waals surface area contributed by atoms with Crippen LogP contribution >= 0.6 is 11.8 Å². The minimum Gasteiger partial charge on any atom is -0.465 e. The van der Waals surface area contributed by atoms with Crippen LogP contribution in [0, 0.1) is 17.8 Å². The molecule has 4 rings (SSSR count). The van der Waals surface area contributed by atoms with Gasteiger partial charge in [-0.15, -0.1) is 11.8 Å². The maximum absolute atomic E-state index is 14.3. The minimum absolute atomic E-state index is 0.000337. The van der Waals surface area contributed by atoms with Gasteiger partial charge in [-0.1, -0.05) is 44.6 Å². The van der Waals surface area contributed by atoms with E-state index in [1.165, 1.54) is 0 Å². The van der Waals surface area contributed by atoms with E-state index in [1.54, 1.807) is 16.7 Å². The lowest BCUT2D eigenvalue weighted by Gasteiger charge is -2.43. The number of allylic oxidation sites excluding steroid dienone is 1. The summed E-state index contributed by atoms with van der Waals surface area (Å²) in [4.78, 5) is 45.5. The molecule has 0 radical (unpaired) electrons. The van der Waals surface area contributed by atoms with E-state index in [9.17, 15) is 19.5 Å². The van der Waals surface area contributed by atoms with Crippen LogP contribution in [0.1, 0.15) is 60.3 Å². The van der Waals surface area contributed by atoms with Crippen molar-refractivity contribution >= 4 is 29.5 Å². The molecule has 0 aliphatic carbocycles. The van der Waals surface area contributed by atoms with Crippen molar-refractivity contribution in [3.8, 4) is 0 Å². The molecule has 0 aromatic heterocycles. The smallest absolute Gasteiger partial charge is 0.311 e. The van der Waals surface area contributed by atoms with Crippen molar-refractivity contribution < 1.29 is 24.2 Å². The number of aliphatic hydroxyl groups excluding tert-OH is 1. The third kappa shape index (κ3) is 4.35. The standard InChI is InChI=1S/C27H40N2O5S/c1-6-17(2)18(16-30)29-22-24(32)28(26(3,4)5)14-11-13-27(22)21(23(29)31)20-19(35-27)12-9-7-8-10-15-34-25(20)33/h9,11-13,17-22,30H,6-8,10,14-16H2,1-5H3/b12-9-/t17-,18-,19+,20-,21-,22?,27-/m0/s1. The highest BCUT2D eigenvalue weighted by atomic mass is 32.2. The van der Waals surface area contributed by atoms with Crippen molar-refractivity contribution in [2.45, 2.75) is 87.9 Å². The first-order valence-electron chi connectivity index (χ1n) is 13.0. The van der Waals surface area contributed by atoms with Crippen LogP contribution in [0.3, 0.4) is 0 Å². The van der Waals surface area contributed by atoms with Gasteiger partial charge in [0, 0.05) is 17.3 Å². The van der Waals surface area contributed by atoms with Gasteiger partial charge in [0.2, 0.25) is 11.8 Å². The van der Waals surface area contributed by atoms with Crippen molar-refractivity contribution in [2.24, 2.45) is 17.8 Å². The molecule has 0 aromatic rings. The molecule has 2 amide bonds. The van der Waals surface area contributed by atoms with Gasteiger partial charge < -0.3 is 19.6 Å². The van der Waals surface area contributed by atoms with Gasteiger partial charge in [-0.25, -0.2) is 0 Å². The van der Waals surface area contributed by atoms with Gasteiger partial charge in [-0.2, -0.15) is 0 Å². The molecule has 4 heterocycles. The van der Waals surface area contributed by atoms with E-state index in [0.717, 1.165) is 25.7 Å². The molecule has 1 unspecified atom stereocenters. The second-order valence-corrected chi connectivity index (χ2v) is 12.8. The van der Waals surface area contributed by atoms with Crippen molar-refractivity contribution in [3.63, 3.8) is 0 Å². The molecule has 4 aliphatic rings. The number of rotatable bonds is 4. The number of nitrogens with zero attached hydrogens (tertiary/aromatic N) is 2. The molecule has 1 spiro atoms. The van der Waals surface area contributed by atoms with Crippen LogP contribution in [0.25, 0.3) is 0 Å². The molecule has 0 bridgehead atoms. The number of esters is 1. The lowest BCUT2D eigenvalue weighted by atomic mass is 9.78. The quantitative estimate of drug-likeness (QED) is 0.468. The Hall–Kier alpha value is -1.80. The number of cyclic esters (lactones) is 1. The molecular formula is C27H40N2O5S. The predicted molar refractivity (Wildman–Crippen MR) is 137 cm³/mol. The van der Waals surface area contributed by atoms with Crippen LogP contribution in [0.2, 0.25) is 0 Å². The van der Waals surface area contributed by atoms with E-state index in [0.29, 0.717) is 13.2 Å². The average molecular weight is 505 g/mol. The predicted octanol–water partition coefficient (Wildman–Crippen LogP) is 3.17. The molecule has 35 heavy (non-hydrogen) atoms. The van der Waals surface area contributed by atoms with E-state index >= 15 is 0 Å². The summed E-state index contributed by atoms with van der Waals surface area (Å²) in [7, 11) is 0. The van der Waals surface area contributed by atoms with E-state index < -0.39 is 34.2 Å². The Balaban J connectivity index is 1.88. The Kier molecular flexibility index (Phi) is 7.45. The van der Waals surface area contributed by atoms with Crippen LogP contribution in [0.4, 0.5) is 0 Å². The molecule has 7 atom stereocenters. The molecule has 7 nitrogen and oxygen atoms in total. The number of amides is 2. The van der Waals surface area contributed by atoms with Gasteiger partial charge in [0.25, 0.3) is 0 Å². The number of carbonyl (C=O) groups is 3. The first-order valence-corrected chi connectivity index (χ1v) is 13.9. The Morgan fingerprint density at radius 2 is 1.94 bits per heavy atom. The minimum atomic E-state index is -0.887. The molecule has 0 aromatic carbocycles. The van der Waals surface area contributed by atoms with Crippen molar-refractivity contribution in [2.75, 3.05) is 19.8 Å². The van der Waals surface area contributed by atoms with Crippen LogP contribution < -0.4 is 0 Å². The van der Waals surface area contributed by atoms with E-state index in [4.69, 9.17) is 4.74 Å². The second kappa shape index (κ2) is 9.92. The van der Waals surface area contributed by atoms with Gasteiger partial charge in [-0.05, 0) is 46.0 Å². The second-order valence-electron chi connectivity index (χ2n) is 11.3. The fraction of sp³-hybridized carbons (Fsp3) is 0.741. The number of fused-ring (bicyclic) bond motifs is 2. The summed E-state index contributed by atoms with van der Waals surface area (Å²) in [5.74, 6) is -2.06. The largest absolute Gasteiger partial charge is 0.465 e. The van der Waals surface area contributed by atoms with Crippen LogP contribution in [0.15, 0.2) is 24.3 Å². The number of likely N-dealkylation sites (tertiary alicyclic amines) is 1. The number of hydrogen-bond acceptors (Lipinski definition) is 6. The summed E-state index contributed by atoms with van der Waals surface area (Å²) in [6, 6.07) is -1.28. The molecule has 194 valence electrons. The van der Waals surface area contributed by atoms with Crippen LogP contribution in [0.5, 0.6) is 0 Å². The third-order valence-electron chi connectivity index (χ3n) is 8.19. The zero-order valence-corrected chi connectivity index (χ0v) is 22.4. The number of carbonyl (C=O) groups excluding carboxylic acids is 3. The van der Waals surface area contributed by atoms with Gasteiger partial charge in [0.15, 0.2) is 0 Å².